The van der Waals surface area contributed by atoms with Gasteiger partial charge in [0.05, 0.1) is 18.4 Å². The van der Waals surface area contributed by atoms with Gasteiger partial charge in [0.25, 0.3) is 10.1 Å². The Hall–Kier alpha value is -2.07. The zero-order chi connectivity index (χ0) is 17.1. The number of alkyl halides is 3. The number of aromatic nitrogens is 3. The summed E-state index contributed by atoms with van der Waals surface area (Å²) in [6, 6.07) is 3.77. The Balaban J connectivity index is 2.10. The van der Waals surface area contributed by atoms with Gasteiger partial charge in [-0.1, -0.05) is 4.68 Å². The molecule has 0 fully saturated rings. The van der Waals surface area contributed by atoms with Gasteiger partial charge in [-0.05, 0) is 17.2 Å². The minimum absolute atomic E-state index is 0.0941. The Morgan fingerprint density at radius 2 is 1.96 bits per heavy atom. The third-order valence-electron chi connectivity index (χ3n) is 2.98. The van der Waals surface area contributed by atoms with E-state index in [1.807, 2.05) is 0 Å². The fourth-order valence-electron chi connectivity index (χ4n) is 1.69. The number of hydrogen-bond donors (Lipinski definition) is 0. The summed E-state index contributed by atoms with van der Waals surface area (Å²) in [7, 11) is -2.50. The lowest BCUT2D eigenvalue weighted by molar-refractivity contribution is -0.750. The molecule has 0 bridgehead atoms. The average molecular weight is 348 g/mol. The van der Waals surface area contributed by atoms with Gasteiger partial charge < -0.3 is 0 Å². The minimum atomic E-state index is -4.43. The van der Waals surface area contributed by atoms with Crippen LogP contribution in [0.5, 0.6) is 0 Å². The molecule has 2 aromatic heterocycles. The van der Waals surface area contributed by atoms with E-state index in [0.29, 0.717) is 11.3 Å². The Kier molecular flexibility index (Phi) is 4.95. The average Bonchev–Trinajstić information content (AvgIpc) is 2.53. The molecule has 10 heteroatoms. The fraction of sp³-hybridized carbons (Fsp3) is 0.308. The fourth-order valence-corrected chi connectivity index (χ4v) is 2.27. The van der Waals surface area contributed by atoms with Crippen molar-refractivity contribution in [3.63, 3.8) is 0 Å². The van der Waals surface area contributed by atoms with Crippen molar-refractivity contribution in [1.29, 1.82) is 0 Å². The predicted octanol–water partition coefficient (Wildman–Crippen LogP) is 1.43. The molecule has 0 unspecified atom stereocenters. The number of pyridine rings is 1. The SMILES string of the molecule is COS(=O)(=O)CC[n+]1ccc(-c2ccc(C(F)(F)F)cn2)cn1. The van der Waals surface area contributed by atoms with Gasteiger partial charge in [0.2, 0.25) is 0 Å². The van der Waals surface area contributed by atoms with Crippen LogP contribution in [0.25, 0.3) is 11.3 Å². The summed E-state index contributed by atoms with van der Waals surface area (Å²) in [5.41, 5.74) is 0.0247. The maximum atomic E-state index is 12.5. The molecular weight excluding hydrogens is 335 g/mol. The Morgan fingerprint density at radius 3 is 2.43 bits per heavy atom. The number of nitrogens with zero attached hydrogens (tertiary/aromatic N) is 3. The first-order valence-electron chi connectivity index (χ1n) is 6.39. The summed E-state index contributed by atoms with van der Waals surface area (Å²) >= 11 is 0. The van der Waals surface area contributed by atoms with Crippen molar-refractivity contribution >= 4 is 10.1 Å². The molecule has 0 atom stereocenters. The molecule has 0 amide bonds. The van der Waals surface area contributed by atoms with Gasteiger partial charge in [-0.2, -0.15) is 21.6 Å². The van der Waals surface area contributed by atoms with Crippen molar-refractivity contribution in [2.45, 2.75) is 12.7 Å². The largest absolute Gasteiger partial charge is 0.417 e. The van der Waals surface area contributed by atoms with Gasteiger partial charge in [0.1, 0.15) is 11.9 Å². The normalized spacial score (nSPS) is 12.3. The lowest BCUT2D eigenvalue weighted by atomic mass is 10.2. The van der Waals surface area contributed by atoms with E-state index < -0.39 is 21.9 Å². The highest BCUT2D eigenvalue weighted by Gasteiger charge is 2.30. The minimum Gasteiger partial charge on any atom is -0.273 e. The molecule has 0 N–H and O–H groups in total. The number of halogens is 3. The lowest BCUT2D eigenvalue weighted by Gasteiger charge is -2.06. The number of hydrogen-bond acceptors (Lipinski definition) is 5. The molecule has 0 saturated carbocycles. The van der Waals surface area contributed by atoms with Crippen LogP contribution in [0.4, 0.5) is 13.2 Å². The van der Waals surface area contributed by atoms with E-state index in [0.717, 1.165) is 19.4 Å². The summed E-state index contributed by atoms with van der Waals surface area (Å²) in [6.45, 7) is 0.0941. The van der Waals surface area contributed by atoms with Crippen molar-refractivity contribution in [2.75, 3.05) is 12.9 Å². The summed E-state index contributed by atoms with van der Waals surface area (Å²) < 4.78 is 65.5. The van der Waals surface area contributed by atoms with Crippen molar-refractivity contribution in [3.05, 3.63) is 42.4 Å². The van der Waals surface area contributed by atoms with Gasteiger partial charge in [0.15, 0.2) is 12.7 Å². The molecule has 0 spiro atoms. The first kappa shape index (κ1) is 17.3. The highest BCUT2D eigenvalue weighted by atomic mass is 32.2. The monoisotopic (exact) mass is 348 g/mol. The van der Waals surface area contributed by atoms with E-state index in [1.165, 1.54) is 23.1 Å². The Bertz CT molecular complexity index is 760. The quantitative estimate of drug-likeness (QED) is 0.604. The third-order valence-corrected chi connectivity index (χ3v) is 4.17. The molecule has 0 aliphatic heterocycles. The molecule has 0 aromatic carbocycles. The first-order valence-corrected chi connectivity index (χ1v) is 7.97. The van der Waals surface area contributed by atoms with Crippen LogP contribution in [-0.2, 0) is 27.0 Å². The molecule has 6 nitrogen and oxygen atoms in total. The van der Waals surface area contributed by atoms with E-state index in [2.05, 4.69) is 14.3 Å². The third kappa shape index (κ3) is 4.70. The van der Waals surface area contributed by atoms with Crippen LogP contribution in [0.1, 0.15) is 5.56 Å². The highest BCUT2D eigenvalue weighted by molar-refractivity contribution is 7.86. The summed E-state index contributed by atoms with van der Waals surface area (Å²) in [4.78, 5) is 3.76. The Morgan fingerprint density at radius 1 is 1.22 bits per heavy atom. The number of aryl methyl sites for hydroxylation is 1. The molecule has 2 aromatic rings. The van der Waals surface area contributed by atoms with Crippen LogP contribution in [-0.4, -0.2) is 31.4 Å². The summed E-state index contributed by atoms with van der Waals surface area (Å²) in [6.07, 6.45) is -0.771. The van der Waals surface area contributed by atoms with Gasteiger partial charge in [-0.3, -0.25) is 9.17 Å². The van der Waals surface area contributed by atoms with Gasteiger partial charge >= 0.3 is 6.18 Å². The van der Waals surface area contributed by atoms with Gasteiger partial charge in [-0.25, -0.2) is 0 Å². The van der Waals surface area contributed by atoms with E-state index in [9.17, 15) is 21.6 Å². The molecule has 2 heterocycles. The van der Waals surface area contributed by atoms with Crippen LogP contribution in [0, 0.1) is 0 Å². The summed E-state index contributed by atoms with van der Waals surface area (Å²) in [5, 5.41) is 4.00. The summed E-state index contributed by atoms with van der Waals surface area (Å²) in [5.74, 6) is -0.237. The van der Waals surface area contributed by atoms with Gasteiger partial charge in [-0.15, -0.1) is 0 Å². The smallest absolute Gasteiger partial charge is 0.273 e. The van der Waals surface area contributed by atoms with Crippen molar-refractivity contribution in [2.24, 2.45) is 0 Å². The molecular formula is C13H13F3N3O3S+. The zero-order valence-corrected chi connectivity index (χ0v) is 12.8. The second-order valence-electron chi connectivity index (χ2n) is 4.54. The second kappa shape index (κ2) is 6.59. The molecule has 0 saturated heterocycles. The number of rotatable bonds is 5. The molecule has 0 radical (unpaired) electrons. The highest BCUT2D eigenvalue weighted by Crippen LogP contribution is 2.29. The van der Waals surface area contributed by atoms with Crippen LogP contribution in [0.2, 0.25) is 0 Å². The topological polar surface area (TPSA) is 73.0 Å². The lowest BCUT2D eigenvalue weighted by Crippen LogP contribution is -2.40. The van der Waals surface area contributed by atoms with E-state index >= 15 is 0 Å². The molecule has 0 aliphatic rings. The maximum Gasteiger partial charge on any atom is 0.417 e. The van der Waals surface area contributed by atoms with Crippen molar-refractivity contribution in [3.8, 4) is 11.3 Å². The molecule has 124 valence electrons. The predicted molar refractivity (Wildman–Crippen MR) is 73.5 cm³/mol. The maximum absolute atomic E-state index is 12.5. The van der Waals surface area contributed by atoms with Crippen LogP contribution < -0.4 is 4.68 Å². The van der Waals surface area contributed by atoms with E-state index in [-0.39, 0.29) is 12.3 Å². The Labute approximate surface area is 130 Å². The van der Waals surface area contributed by atoms with Gasteiger partial charge in [0, 0.05) is 17.8 Å². The van der Waals surface area contributed by atoms with Crippen LogP contribution in [0.3, 0.4) is 0 Å². The van der Waals surface area contributed by atoms with Crippen LogP contribution in [0.15, 0.2) is 36.8 Å². The van der Waals surface area contributed by atoms with E-state index in [4.69, 9.17) is 0 Å². The first-order chi connectivity index (χ1) is 10.7. The zero-order valence-electron chi connectivity index (χ0n) is 12.0. The molecule has 23 heavy (non-hydrogen) atoms. The second-order valence-corrected chi connectivity index (χ2v) is 6.39. The van der Waals surface area contributed by atoms with Crippen molar-refractivity contribution in [1.82, 2.24) is 10.1 Å². The standard InChI is InChI=1S/C13H13F3N3O3S/c1-22-23(20,21)7-6-19-5-4-10(8-18-19)12-3-2-11(9-17-12)13(14,15)16/h2-5,8-9H,6-7H2,1H3/q+1. The van der Waals surface area contributed by atoms with Crippen LogP contribution >= 0.6 is 0 Å². The molecule has 2 rings (SSSR count). The van der Waals surface area contributed by atoms with Crippen molar-refractivity contribution < 1.29 is 30.5 Å². The van der Waals surface area contributed by atoms with E-state index in [1.54, 1.807) is 6.07 Å². The molecule has 0 aliphatic carbocycles.